The second kappa shape index (κ2) is 7.04. The van der Waals surface area contributed by atoms with Crippen LogP contribution in [0.15, 0.2) is 28.3 Å². The topological polar surface area (TPSA) is 49.8 Å². The van der Waals surface area contributed by atoms with Gasteiger partial charge in [-0.1, -0.05) is 19.9 Å². The number of rotatable bonds is 6. The summed E-state index contributed by atoms with van der Waals surface area (Å²) in [7, 11) is 0. The Labute approximate surface area is 132 Å². The molecule has 0 radical (unpaired) electrons. The fraction of sp³-hybridized carbons (Fsp3) is 0.429. The Morgan fingerprint density at radius 1 is 1.30 bits per heavy atom. The first-order chi connectivity index (χ1) is 9.63. The Bertz CT molecular complexity index is 542. The van der Waals surface area contributed by atoms with E-state index in [-0.39, 0.29) is 6.04 Å². The highest BCUT2D eigenvalue weighted by Gasteiger charge is 2.19. The van der Waals surface area contributed by atoms with Gasteiger partial charge in [0.1, 0.15) is 22.4 Å². The van der Waals surface area contributed by atoms with Crippen LogP contribution in [0, 0.1) is 5.92 Å². The molecule has 108 valence electrons. The third kappa shape index (κ3) is 3.49. The number of thiophene rings is 1. The van der Waals surface area contributed by atoms with E-state index in [2.05, 4.69) is 67.9 Å². The molecule has 2 aromatic heterocycles. The number of anilines is 2. The molecular formula is C14H19BrN4S. The molecule has 6 heteroatoms. The lowest BCUT2D eigenvalue weighted by Gasteiger charge is -2.22. The van der Waals surface area contributed by atoms with Crippen molar-refractivity contribution in [2.24, 2.45) is 5.92 Å². The molecule has 0 aromatic carbocycles. The van der Waals surface area contributed by atoms with Crippen molar-refractivity contribution in [2.45, 2.75) is 26.8 Å². The van der Waals surface area contributed by atoms with Gasteiger partial charge >= 0.3 is 0 Å². The minimum absolute atomic E-state index is 0.246. The number of aromatic nitrogens is 2. The Balaban J connectivity index is 2.25. The average molecular weight is 355 g/mol. The van der Waals surface area contributed by atoms with Gasteiger partial charge in [0.2, 0.25) is 0 Å². The molecule has 20 heavy (non-hydrogen) atoms. The van der Waals surface area contributed by atoms with Crippen LogP contribution < -0.4 is 10.6 Å². The molecule has 0 bridgehead atoms. The van der Waals surface area contributed by atoms with Gasteiger partial charge in [-0.15, -0.1) is 11.3 Å². The van der Waals surface area contributed by atoms with Crippen molar-refractivity contribution >= 4 is 38.9 Å². The van der Waals surface area contributed by atoms with Crippen LogP contribution in [-0.2, 0) is 0 Å². The van der Waals surface area contributed by atoms with E-state index in [4.69, 9.17) is 0 Å². The van der Waals surface area contributed by atoms with Crippen molar-refractivity contribution in [3.8, 4) is 0 Å². The molecule has 0 aliphatic rings. The number of hydrogen-bond acceptors (Lipinski definition) is 5. The molecule has 0 spiro atoms. The zero-order valence-corrected chi connectivity index (χ0v) is 14.3. The lowest BCUT2D eigenvalue weighted by atomic mass is 10.0. The third-order valence-corrected chi connectivity index (χ3v) is 4.65. The minimum atomic E-state index is 0.246. The van der Waals surface area contributed by atoms with Gasteiger partial charge in [0, 0.05) is 11.4 Å². The normalized spacial score (nSPS) is 12.4. The minimum Gasteiger partial charge on any atom is -0.369 e. The van der Waals surface area contributed by atoms with Gasteiger partial charge < -0.3 is 10.6 Å². The molecule has 0 fully saturated rings. The van der Waals surface area contributed by atoms with E-state index in [0.717, 1.165) is 22.7 Å². The van der Waals surface area contributed by atoms with Crippen LogP contribution in [0.5, 0.6) is 0 Å². The molecule has 4 nitrogen and oxygen atoms in total. The van der Waals surface area contributed by atoms with Gasteiger partial charge in [-0.25, -0.2) is 9.97 Å². The summed E-state index contributed by atoms with van der Waals surface area (Å²) in [5, 5.41) is 8.84. The molecule has 0 aliphatic heterocycles. The summed E-state index contributed by atoms with van der Waals surface area (Å²) in [5.41, 5.74) is 0. The predicted molar refractivity (Wildman–Crippen MR) is 89.4 cm³/mol. The zero-order valence-electron chi connectivity index (χ0n) is 11.9. The number of halogens is 1. The molecule has 0 saturated heterocycles. The van der Waals surface area contributed by atoms with Crippen molar-refractivity contribution in [2.75, 3.05) is 17.2 Å². The van der Waals surface area contributed by atoms with Crippen molar-refractivity contribution in [3.05, 3.63) is 33.2 Å². The van der Waals surface area contributed by atoms with E-state index in [1.54, 1.807) is 17.7 Å². The molecule has 0 amide bonds. The van der Waals surface area contributed by atoms with Crippen LogP contribution >= 0.6 is 27.3 Å². The average Bonchev–Trinajstić information content (AvgIpc) is 2.93. The van der Waals surface area contributed by atoms with E-state index in [1.807, 2.05) is 6.92 Å². The summed E-state index contributed by atoms with van der Waals surface area (Å²) < 4.78 is 0.879. The molecule has 2 N–H and O–H groups in total. The fourth-order valence-electron chi connectivity index (χ4n) is 1.94. The Kier molecular flexibility index (Phi) is 5.37. The Hall–Kier alpha value is -1.14. The van der Waals surface area contributed by atoms with E-state index < -0.39 is 0 Å². The summed E-state index contributed by atoms with van der Waals surface area (Å²) in [6, 6.07) is 4.48. The van der Waals surface area contributed by atoms with Gasteiger partial charge in [-0.3, -0.25) is 0 Å². The standard InChI is InChI=1S/C14H19BrN4S/c1-4-16-13-11(15)14(18-8-17-13)19-12(9(2)3)10-6-5-7-20-10/h5-9,12H,4H2,1-3H3,(H2,16,17,18,19). The highest BCUT2D eigenvalue weighted by molar-refractivity contribution is 9.10. The smallest absolute Gasteiger partial charge is 0.146 e. The van der Waals surface area contributed by atoms with E-state index >= 15 is 0 Å². The van der Waals surface area contributed by atoms with Crippen molar-refractivity contribution in [1.29, 1.82) is 0 Å². The quantitative estimate of drug-likeness (QED) is 0.799. The maximum atomic E-state index is 4.35. The Morgan fingerprint density at radius 3 is 2.65 bits per heavy atom. The van der Waals surface area contributed by atoms with Gasteiger partial charge in [0.15, 0.2) is 0 Å². The first-order valence-electron chi connectivity index (χ1n) is 6.67. The SMILES string of the molecule is CCNc1ncnc(NC(c2cccs2)C(C)C)c1Br. The molecule has 1 atom stereocenters. The largest absolute Gasteiger partial charge is 0.369 e. The molecule has 0 aliphatic carbocycles. The highest BCUT2D eigenvalue weighted by Crippen LogP contribution is 2.33. The lowest BCUT2D eigenvalue weighted by Crippen LogP contribution is -2.17. The van der Waals surface area contributed by atoms with Gasteiger partial charge in [-0.05, 0) is 40.2 Å². The van der Waals surface area contributed by atoms with Crippen molar-refractivity contribution < 1.29 is 0 Å². The van der Waals surface area contributed by atoms with Crippen LogP contribution in [0.1, 0.15) is 31.7 Å². The van der Waals surface area contributed by atoms with Gasteiger partial charge in [-0.2, -0.15) is 0 Å². The zero-order chi connectivity index (χ0) is 14.5. The first kappa shape index (κ1) is 15.3. The second-order valence-corrected chi connectivity index (χ2v) is 6.57. The number of nitrogens with one attached hydrogen (secondary N) is 2. The maximum Gasteiger partial charge on any atom is 0.146 e. The fourth-order valence-corrected chi connectivity index (χ4v) is 3.35. The van der Waals surface area contributed by atoms with Gasteiger partial charge in [0.05, 0.1) is 6.04 Å². The highest BCUT2D eigenvalue weighted by atomic mass is 79.9. The Morgan fingerprint density at radius 2 is 2.05 bits per heavy atom. The summed E-state index contributed by atoms with van der Waals surface area (Å²) in [4.78, 5) is 9.90. The maximum absolute atomic E-state index is 4.35. The van der Waals surface area contributed by atoms with Crippen molar-refractivity contribution in [3.63, 3.8) is 0 Å². The van der Waals surface area contributed by atoms with Crippen LogP contribution in [0.25, 0.3) is 0 Å². The van der Waals surface area contributed by atoms with E-state index in [1.165, 1.54) is 4.88 Å². The summed E-state index contributed by atoms with van der Waals surface area (Å²) >= 11 is 5.34. The van der Waals surface area contributed by atoms with Crippen LogP contribution in [-0.4, -0.2) is 16.5 Å². The van der Waals surface area contributed by atoms with Crippen LogP contribution in [0.2, 0.25) is 0 Å². The van der Waals surface area contributed by atoms with Gasteiger partial charge in [0.25, 0.3) is 0 Å². The van der Waals surface area contributed by atoms with Crippen LogP contribution in [0.4, 0.5) is 11.6 Å². The summed E-state index contributed by atoms with van der Waals surface area (Å²) in [5.74, 6) is 2.11. The monoisotopic (exact) mass is 354 g/mol. The van der Waals surface area contributed by atoms with Crippen LogP contribution in [0.3, 0.4) is 0 Å². The molecule has 2 rings (SSSR count). The first-order valence-corrected chi connectivity index (χ1v) is 8.35. The summed E-state index contributed by atoms with van der Waals surface area (Å²) in [6.45, 7) is 7.28. The number of hydrogen-bond donors (Lipinski definition) is 2. The molecule has 2 heterocycles. The van der Waals surface area contributed by atoms with E-state index in [0.29, 0.717) is 5.92 Å². The molecular weight excluding hydrogens is 336 g/mol. The molecule has 2 aromatic rings. The number of nitrogens with zero attached hydrogens (tertiary/aromatic N) is 2. The molecule has 1 unspecified atom stereocenters. The van der Waals surface area contributed by atoms with E-state index in [9.17, 15) is 0 Å². The lowest BCUT2D eigenvalue weighted by molar-refractivity contribution is 0.551. The predicted octanol–water partition coefficient (Wildman–Crippen LogP) is 4.54. The molecule has 0 saturated carbocycles. The van der Waals surface area contributed by atoms with Crippen molar-refractivity contribution in [1.82, 2.24) is 9.97 Å². The third-order valence-electron chi connectivity index (χ3n) is 2.94. The summed E-state index contributed by atoms with van der Waals surface area (Å²) in [6.07, 6.45) is 1.58. The second-order valence-electron chi connectivity index (χ2n) is 4.80.